The van der Waals surface area contributed by atoms with E-state index in [9.17, 15) is 0 Å². The molecular formula is C17H15ClN2. The van der Waals surface area contributed by atoms with Crippen LogP contribution in [-0.2, 0) is 6.42 Å². The Labute approximate surface area is 123 Å². The molecule has 0 bridgehead atoms. The molecule has 0 aliphatic heterocycles. The maximum absolute atomic E-state index is 6.49. The van der Waals surface area contributed by atoms with Crippen LogP contribution in [0.5, 0.6) is 0 Å². The lowest BCUT2D eigenvalue weighted by Crippen LogP contribution is -1.95. The number of hydrogen-bond acceptors (Lipinski definition) is 1. The second-order valence-electron chi connectivity index (χ2n) is 4.71. The molecule has 0 aliphatic rings. The van der Waals surface area contributed by atoms with Gasteiger partial charge in [-0.2, -0.15) is 5.10 Å². The fraction of sp³-hybridized carbons (Fsp3) is 0.118. The van der Waals surface area contributed by atoms with Crippen molar-refractivity contribution in [1.82, 2.24) is 9.78 Å². The molecule has 0 saturated heterocycles. The van der Waals surface area contributed by atoms with Crippen molar-refractivity contribution in [3.05, 3.63) is 84.2 Å². The Bertz CT molecular complexity index is 662. The van der Waals surface area contributed by atoms with Gasteiger partial charge in [-0.15, -0.1) is 11.6 Å². The molecule has 0 amide bonds. The van der Waals surface area contributed by atoms with Gasteiger partial charge >= 0.3 is 0 Å². The predicted molar refractivity (Wildman–Crippen MR) is 82.3 cm³/mol. The third kappa shape index (κ3) is 2.91. The smallest absolute Gasteiger partial charge is 0.0656 e. The summed E-state index contributed by atoms with van der Waals surface area (Å²) in [6.45, 7) is 0. The number of hydrogen-bond donors (Lipinski definition) is 0. The predicted octanol–water partition coefficient (Wildman–Crippen LogP) is 4.39. The molecular weight excluding hydrogens is 268 g/mol. The van der Waals surface area contributed by atoms with Gasteiger partial charge in [-0.25, -0.2) is 4.68 Å². The maximum Gasteiger partial charge on any atom is 0.0656 e. The van der Waals surface area contributed by atoms with E-state index in [1.807, 2.05) is 65.6 Å². The number of para-hydroxylation sites is 1. The molecule has 1 heterocycles. The summed E-state index contributed by atoms with van der Waals surface area (Å²) >= 11 is 6.49. The van der Waals surface area contributed by atoms with Crippen LogP contribution in [0.2, 0.25) is 0 Å². The molecule has 0 radical (unpaired) electrons. The lowest BCUT2D eigenvalue weighted by Gasteiger charge is -2.06. The summed E-state index contributed by atoms with van der Waals surface area (Å²) in [4.78, 5) is 0. The fourth-order valence-electron chi connectivity index (χ4n) is 2.16. The molecule has 2 aromatic carbocycles. The van der Waals surface area contributed by atoms with Crippen LogP contribution >= 0.6 is 11.6 Å². The van der Waals surface area contributed by atoms with Crippen LogP contribution in [0, 0.1) is 0 Å². The molecule has 3 rings (SSSR count). The van der Waals surface area contributed by atoms with Gasteiger partial charge in [0.15, 0.2) is 0 Å². The first-order chi connectivity index (χ1) is 9.83. The summed E-state index contributed by atoms with van der Waals surface area (Å²) in [7, 11) is 0. The van der Waals surface area contributed by atoms with Crippen molar-refractivity contribution in [2.24, 2.45) is 0 Å². The van der Waals surface area contributed by atoms with Crippen LogP contribution in [-0.4, -0.2) is 9.78 Å². The molecule has 0 saturated carbocycles. The summed E-state index contributed by atoms with van der Waals surface area (Å²) in [6.07, 6.45) is 4.65. The lowest BCUT2D eigenvalue weighted by atomic mass is 10.1. The first-order valence-corrected chi connectivity index (χ1v) is 7.04. The number of rotatable bonds is 4. The third-order valence-corrected chi connectivity index (χ3v) is 3.65. The highest BCUT2D eigenvalue weighted by Crippen LogP contribution is 2.25. The number of benzene rings is 2. The molecule has 100 valence electrons. The van der Waals surface area contributed by atoms with Crippen LogP contribution in [0.3, 0.4) is 0 Å². The molecule has 0 fully saturated rings. The zero-order chi connectivity index (χ0) is 13.8. The van der Waals surface area contributed by atoms with Crippen LogP contribution < -0.4 is 0 Å². The number of alkyl halides is 1. The topological polar surface area (TPSA) is 17.8 Å². The molecule has 20 heavy (non-hydrogen) atoms. The normalized spacial score (nSPS) is 12.2. The van der Waals surface area contributed by atoms with Crippen molar-refractivity contribution in [3.63, 3.8) is 0 Å². The van der Waals surface area contributed by atoms with E-state index in [2.05, 4.69) is 17.2 Å². The monoisotopic (exact) mass is 282 g/mol. The zero-order valence-corrected chi connectivity index (χ0v) is 11.7. The SMILES string of the molecule is ClC(Cc1ccccc1)c1cnn(-c2ccccc2)c1. The molecule has 2 nitrogen and oxygen atoms in total. The van der Waals surface area contributed by atoms with Crippen molar-refractivity contribution in [2.75, 3.05) is 0 Å². The average molecular weight is 283 g/mol. The molecule has 1 aromatic heterocycles. The summed E-state index contributed by atoms with van der Waals surface area (Å²) in [5.74, 6) is 0. The maximum atomic E-state index is 6.49. The summed E-state index contributed by atoms with van der Waals surface area (Å²) in [6, 6.07) is 20.3. The molecule has 1 atom stereocenters. The minimum absolute atomic E-state index is 0.0603. The van der Waals surface area contributed by atoms with Gasteiger partial charge in [-0.3, -0.25) is 0 Å². The van der Waals surface area contributed by atoms with Crippen LogP contribution in [0.4, 0.5) is 0 Å². The number of halogens is 1. The van der Waals surface area contributed by atoms with E-state index in [1.165, 1.54) is 5.56 Å². The standard InChI is InChI=1S/C17H15ClN2/c18-17(11-14-7-3-1-4-8-14)15-12-19-20(13-15)16-9-5-2-6-10-16/h1-10,12-13,17H,11H2. The number of aromatic nitrogens is 2. The average Bonchev–Trinajstić information content (AvgIpc) is 2.99. The van der Waals surface area contributed by atoms with Crippen molar-refractivity contribution in [2.45, 2.75) is 11.8 Å². The van der Waals surface area contributed by atoms with Gasteiger partial charge in [0, 0.05) is 11.8 Å². The first kappa shape index (κ1) is 12.9. The Morgan fingerprint density at radius 1 is 0.950 bits per heavy atom. The van der Waals surface area contributed by atoms with Gasteiger partial charge in [-0.05, 0) is 24.1 Å². The summed E-state index contributed by atoms with van der Waals surface area (Å²) < 4.78 is 1.86. The third-order valence-electron chi connectivity index (χ3n) is 3.24. The Morgan fingerprint density at radius 2 is 1.60 bits per heavy atom. The molecule has 0 spiro atoms. The molecule has 3 heteroatoms. The van der Waals surface area contributed by atoms with Gasteiger partial charge in [0.05, 0.1) is 17.3 Å². The van der Waals surface area contributed by atoms with Crippen molar-refractivity contribution >= 4 is 11.6 Å². The van der Waals surface area contributed by atoms with E-state index in [4.69, 9.17) is 11.6 Å². The van der Waals surface area contributed by atoms with Gasteiger partial charge < -0.3 is 0 Å². The first-order valence-electron chi connectivity index (χ1n) is 6.61. The van der Waals surface area contributed by atoms with Crippen LogP contribution in [0.25, 0.3) is 5.69 Å². The largest absolute Gasteiger partial charge is 0.241 e. The van der Waals surface area contributed by atoms with Gasteiger partial charge in [0.2, 0.25) is 0 Å². The zero-order valence-electron chi connectivity index (χ0n) is 11.0. The fourth-order valence-corrected chi connectivity index (χ4v) is 2.45. The Balaban J connectivity index is 1.77. The van der Waals surface area contributed by atoms with Gasteiger partial charge in [-0.1, -0.05) is 48.5 Å². The van der Waals surface area contributed by atoms with E-state index in [-0.39, 0.29) is 5.38 Å². The highest BCUT2D eigenvalue weighted by molar-refractivity contribution is 6.20. The molecule has 1 unspecified atom stereocenters. The summed E-state index contributed by atoms with van der Waals surface area (Å²) in [5.41, 5.74) is 3.32. The molecule has 0 N–H and O–H groups in total. The summed E-state index contributed by atoms with van der Waals surface area (Å²) in [5, 5.41) is 4.32. The lowest BCUT2D eigenvalue weighted by molar-refractivity contribution is 0.877. The van der Waals surface area contributed by atoms with Crippen molar-refractivity contribution in [3.8, 4) is 5.69 Å². The Morgan fingerprint density at radius 3 is 2.30 bits per heavy atom. The van der Waals surface area contributed by atoms with Crippen molar-refractivity contribution in [1.29, 1.82) is 0 Å². The van der Waals surface area contributed by atoms with Crippen LogP contribution in [0.1, 0.15) is 16.5 Å². The Kier molecular flexibility index (Phi) is 3.84. The van der Waals surface area contributed by atoms with E-state index in [0.717, 1.165) is 17.7 Å². The highest BCUT2D eigenvalue weighted by Gasteiger charge is 2.11. The molecule has 0 aliphatic carbocycles. The highest BCUT2D eigenvalue weighted by atomic mass is 35.5. The van der Waals surface area contributed by atoms with E-state index < -0.39 is 0 Å². The van der Waals surface area contributed by atoms with E-state index in [1.54, 1.807) is 0 Å². The second kappa shape index (κ2) is 5.93. The van der Waals surface area contributed by atoms with Crippen molar-refractivity contribution < 1.29 is 0 Å². The second-order valence-corrected chi connectivity index (χ2v) is 5.24. The minimum Gasteiger partial charge on any atom is -0.241 e. The quantitative estimate of drug-likeness (QED) is 0.649. The minimum atomic E-state index is -0.0603. The van der Waals surface area contributed by atoms with E-state index in [0.29, 0.717) is 0 Å². The van der Waals surface area contributed by atoms with Crippen LogP contribution in [0.15, 0.2) is 73.1 Å². The molecule has 3 aromatic rings. The Hall–Kier alpha value is -2.06. The van der Waals surface area contributed by atoms with Gasteiger partial charge in [0.1, 0.15) is 0 Å². The van der Waals surface area contributed by atoms with Gasteiger partial charge in [0.25, 0.3) is 0 Å². The number of nitrogens with zero attached hydrogens (tertiary/aromatic N) is 2. The van der Waals surface area contributed by atoms with E-state index >= 15 is 0 Å².